The summed E-state index contributed by atoms with van der Waals surface area (Å²) in [6.45, 7) is 0. The van der Waals surface area contributed by atoms with Gasteiger partial charge in [-0.2, -0.15) is 0 Å². The molecule has 25 heavy (non-hydrogen) atoms. The van der Waals surface area contributed by atoms with Gasteiger partial charge in [0.05, 0.1) is 13.3 Å². The van der Waals surface area contributed by atoms with Gasteiger partial charge >= 0.3 is 0 Å². The van der Waals surface area contributed by atoms with Crippen LogP contribution < -0.4 is 26.3 Å². The van der Waals surface area contributed by atoms with Crippen LogP contribution in [-0.2, 0) is 4.79 Å². The van der Waals surface area contributed by atoms with Gasteiger partial charge in [0.15, 0.2) is 0 Å². The van der Waals surface area contributed by atoms with Gasteiger partial charge in [0.1, 0.15) is 11.8 Å². The SMILES string of the molecule is COc1cccc(C2CC(C(=O)NC3C4CCCC4NN3C)NN2)c1. The Morgan fingerprint density at radius 2 is 2.20 bits per heavy atom. The number of nitrogens with one attached hydrogen (secondary N) is 4. The van der Waals surface area contributed by atoms with E-state index in [0.29, 0.717) is 12.0 Å². The van der Waals surface area contributed by atoms with Crippen molar-refractivity contribution in [3.8, 4) is 5.75 Å². The molecule has 0 bridgehead atoms. The Morgan fingerprint density at radius 1 is 1.32 bits per heavy atom. The van der Waals surface area contributed by atoms with Crippen molar-refractivity contribution in [1.82, 2.24) is 26.6 Å². The number of hydrogen-bond donors (Lipinski definition) is 4. The van der Waals surface area contributed by atoms with E-state index in [9.17, 15) is 4.79 Å². The summed E-state index contributed by atoms with van der Waals surface area (Å²) < 4.78 is 5.29. The summed E-state index contributed by atoms with van der Waals surface area (Å²) in [7, 11) is 3.68. The Hall–Kier alpha value is -1.67. The summed E-state index contributed by atoms with van der Waals surface area (Å²) in [4.78, 5) is 12.7. The molecule has 1 amide bonds. The van der Waals surface area contributed by atoms with Gasteiger partial charge in [-0.25, -0.2) is 15.9 Å². The lowest BCUT2D eigenvalue weighted by Crippen LogP contribution is -2.53. The monoisotopic (exact) mass is 345 g/mol. The van der Waals surface area contributed by atoms with Crippen LogP contribution in [-0.4, -0.2) is 43.3 Å². The fraction of sp³-hybridized carbons (Fsp3) is 0.611. The molecule has 5 atom stereocenters. The maximum atomic E-state index is 12.7. The van der Waals surface area contributed by atoms with E-state index < -0.39 is 0 Å². The first-order chi connectivity index (χ1) is 12.2. The molecule has 0 aromatic heterocycles. The van der Waals surface area contributed by atoms with Crippen LogP contribution in [0, 0.1) is 5.92 Å². The van der Waals surface area contributed by atoms with E-state index in [0.717, 1.165) is 17.7 Å². The number of hydrazine groups is 2. The maximum Gasteiger partial charge on any atom is 0.239 e. The van der Waals surface area contributed by atoms with E-state index in [1.54, 1.807) is 7.11 Å². The zero-order valence-corrected chi connectivity index (χ0v) is 14.8. The quantitative estimate of drug-likeness (QED) is 0.642. The van der Waals surface area contributed by atoms with Crippen LogP contribution in [0.25, 0.3) is 0 Å². The van der Waals surface area contributed by atoms with E-state index in [1.165, 1.54) is 19.3 Å². The predicted octanol–water partition coefficient (Wildman–Crippen LogP) is 0.664. The van der Waals surface area contributed by atoms with Gasteiger partial charge in [0.25, 0.3) is 0 Å². The maximum absolute atomic E-state index is 12.7. The molecule has 1 aromatic carbocycles. The number of carbonyl (C=O) groups is 1. The first-order valence-electron chi connectivity index (χ1n) is 9.10. The van der Waals surface area contributed by atoms with Gasteiger partial charge < -0.3 is 10.1 Å². The van der Waals surface area contributed by atoms with Crippen molar-refractivity contribution >= 4 is 5.91 Å². The average Bonchev–Trinajstić information content (AvgIpc) is 3.33. The van der Waals surface area contributed by atoms with Crippen molar-refractivity contribution < 1.29 is 9.53 Å². The number of hydrogen-bond acceptors (Lipinski definition) is 6. The number of benzene rings is 1. The predicted molar refractivity (Wildman–Crippen MR) is 94.4 cm³/mol. The van der Waals surface area contributed by atoms with E-state index in [4.69, 9.17) is 4.74 Å². The molecule has 4 rings (SSSR count). The van der Waals surface area contributed by atoms with Crippen LogP contribution in [0.5, 0.6) is 5.75 Å². The summed E-state index contributed by atoms with van der Waals surface area (Å²) in [6.07, 6.45) is 4.41. The highest BCUT2D eigenvalue weighted by Gasteiger charge is 2.44. The second-order valence-electron chi connectivity index (χ2n) is 7.30. The zero-order chi connectivity index (χ0) is 17.4. The number of carbonyl (C=O) groups excluding carboxylic acids is 1. The van der Waals surface area contributed by atoms with Crippen LogP contribution in [0.4, 0.5) is 0 Å². The molecule has 7 nitrogen and oxygen atoms in total. The lowest BCUT2D eigenvalue weighted by molar-refractivity contribution is -0.125. The summed E-state index contributed by atoms with van der Waals surface area (Å²) in [5.41, 5.74) is 11.0. The fourth-order valence-electron chi connectivity index (χ4n) is 4.41. The number of rotatable bonds is 4. The molecule has 4 N–H and O–H groups in total. The molecule has 1 aromatic rings. The molecule has 2 aliphatic heterocycles. The lowest BCUT2D eigenvalue weighted by atomic mass is 10.00. The summed E-state index contributed by atoms with van der Waals surface area (Å²) >= 11 is 0. The van der Waals surface area contributed by atoms with Crippen LogP contribution in [0.2, 0.25) is 0 Å². The lowest BCUT2D eigenvalue weighted by Gasteiger charge is -2.25. The van der Waals surface area contributed by atoms with Crippen molar-refractivity contribution in [2.24, 2.45) is 5.92 Å². The zero-order valence-electron chi connectivity index (χ0n) is 14.8. The van der Waals surface area contributed by atoms with Crippen LogP contribution in [0.3, 0.4) is 0 Å². The van der Waals surface area contributed by atoms with E-state index in [1.807, 2.05) is 25.2 Å². The second-order valence-corrected chi connectivity index (χ2v) is 7.30. The Morgan fingerprint density at radius 3 is 3.04 bits per heavy atom. The standard InChI is InChI=1S/C18H27N5O2/c1-23-17(13-7-4-8-14(13)22-23)19-18(24)16-10-15(20-21-16)11-5-3-6-12(9-11)25-2/h3,5-6,9,13-17,20-22H,4,7-8,10H2,1-2H3,(H,19,24). The van der Waals surface area contributed by atoms with Crippen LogP contribution in [0.15, 0.2) is 24.3 Å². The Labute approximate surface area is 148 Å². The Balaban J connectivity index is 1.37. The van der Waals surface area contributed by atoms with Crippen molar-refractivity contribution in [3.05, 3.63) is 29.8 Å². The van der Waals surface area contributed by atoms with Gasteiger partial charge in [0, 0.05) is 25.0 Å². The van der Waals surface area contributed by atoms with Crippen molar-refractivity contribution in [3.63, 3.8) is 0 Å². The molecule has 0 radical (unpaired) electrons. The molecule has 7 heteroatoms. The molecule has 1 saturated carbocycles. The third-order valence-corrected chi connectivity index (χ3v) is 5.77. The van der Waals surface area contributed by atoms with Gasteiger partial charge in [0.2, 0.25) is 5.91 Å². The highest BCUT2D eigenvalue weighted by molar-refractivity contribution is 5.82. The molecule has 136 valence electrons. The Bertz CT molecular complexity index is 640. The largest absolute Gasteiger partial charge is 0.497 e. The average molecular weight is 345 g/mol. The summed E-state index contributed by atoms with van der Waals surface area (Å²) in [6, 6.07) is 8.35. The molecule has 2 heterocycles. The molecule has 3 aliphatic rings. The first-order valence-corrected chi connectivity index (χ1v) is 9.10. The minimum Gasteiger partial charge on any atom is -0.497 e. The van der Waals surface area contributed by atoms with Gasteiger partial charge in [-0.1, -0.05) is 18.6 Å². The smallest absolute Gasteiger partial charge is 0.239 e. The number of fused-ring (bicyclic) bond motifs is 1. The minimum absolute atomic E-state index is 0.0593. The van der Waals surface area contributed by atoms with Crippen LogP contribution >= 0.6 is 0 Å². The number of methoxy groups -OCH3 is 1. The molecular weight excluding hydrogens is 318 g/mol. The third kappa shape index (κ3) is 3.25. The number of ether oxygens (including phenoxy) is 1. The normalized spacial score (nSPS) is 34.9. The molecular formula is C18H27N5O2. The van der Waals surface area contributed by atoms with E-state index >= 15 is 0 Å². The van der Waals surface area contributed by atoms with Crippen LogP contribution in [0.1, 0.15) is 37.3 Å². The topological polar surface area (TPSA) is 77.7 Å². The second kappa shape index (κ2) is 6.92. The first kappa shape index (κ1) is 16.8. The number of nitrogens with zero attached hydrogens (tertiary/aromatic N) is 1. The number of amides is 1. The van der Waals surface area contributed by atoms with Gasteiger partial charge in [-0.05, 0) is 37.0 Å². The van der Waals surface area contributed by atoms with Gasteiger partial charge in [-0.3, -0.25) is 10.2 Å². The fourth-order valence-corrected chi connectivity index (χ4v) is 4.41. The highest BCUT2D eigenvalue weighted by atomic mass is 16.5. The third-order valence-electron chi connectivity index (χ3n) is 5.77. The highest BCUT2D eigenvalue weighted by Crippen LogP contribution is 2.34. The molecule has 2 saturated heterocycles. The van der Waals surface area contributed by atoms with E-state index in [-0.39, 0.29) is 24.2 Å². The molecule has 1 aliphatic carbocycles. The van der Waals surface area contributed by atoms with Crippen molar-refractivity contribution in [1.29, 1.82) is 0 Å². The van der Waals surface area contributed by atoms with Crippen molar-refractivity contribution in [2.75, 3.05) is 14.2 Å². The molecule has 3 fully saturated rings. The summed E-state index contributed by atoms with van der Waals surface area (Å²) in [5, 5.41) is 5.30. The van der Waals surface area contributed by atoms with Crippen molar-refractivity contribution in [2.45, 2.75) is 50.0 Å². The Kier molecular flexibility index (Phi) is 4.64. The molecule has 0 spiro atoms. The minimum atomic E-state index is -0.231. The van der Waals surface area contributed by atoms with Gasteiger partial charge in [-0.15, -0.1) is 0 Å². The van der Waals surface area contributed by atoms with E-state index in [2.05, 4.69) is 32.7 Å². The summed E-state index contributed by atoms with van der Waals surface area (Å²) in [5.74, 6) is 1.40. The molecule has 5 unspecified atom stereocenters.